The Labute approximate surface area is 96.3 Å². The van der Waals surface area contributed by atoms with Crippen LogP contribution in [-0.4, -0.2) is 34.2 Å². The first-order valence-electron chi connectivity index (χ1n) is 5.24. The number of rotatable bonds is 5. The SMILES string of the molecule is CN(Cc1cccc(NN)n1)CC(C)(C)O. The van der Waals surface area contributed by atoms with Gasteiger partial charge in [-0.15, -0.1) is 0 Å². The Kier molecular flexibility index (Phi) is 4.23. The molecule has 1 heterocycles. The molecule has 4 N–H and O–H groups in total. The smallest absolute Gasteiger partial charge is 0.140 e. The molecule has 0 spiro atoms. The number of nitrogens with two attached hydrogens (primary N) is 1. The number of anilines is 1. The lowest BCUT2D eigenvalue weighted by Gasteiger charge is -2.25. The lowest BCUT2D eigenvalue weighted by atomic mass is 10.1. The van der Waals surface area contributed by atoms with Crippen LogP contribution in [0.25, 0.3) is 0 Å². The molecule has 5 nitrogen and oxygen atoms in total. The number of nitrogens with zero attached hydrogens (tertiary/aromatic N) is 2. The van der Waals surface area contributed by atoms with E-state index in [2.05, 4.69) is 10.4 Å². The largest absolute Gasteiger partial charge is 0.389 e. The molecule has 0 saturated carbocycles. The summed E-state index contributed by atoms with van der Waals surface area (Å²) in [7, 11) is 1.95. The van der Waals surface area contributed by atoms with Crippen molar-refractivity contribution in [2.24, 2.45) is 5.84 Å². The normalized spacial score (nSPS) is 11.9. The molecule has 0 aliphatic heterocycles. The van der Waals surface area contributed by atoms with Gasteiger partial charge in [-0.25, -0.2) is 10.8 Å². The summed E-state index contributed by atoms with van der Waals surface area (Å²) in [5, 5.41) is 9.67. The van der Waals surface area contributed by atoms with Crippen LogP contribution in [0.2, 0.25) is 0 Å². The van der Waals surface area contributed by atoms with E-state index in [0.717, 1.165) is 5.69 Å². The van der Waals surface area contributed by atoms with E-state index in [4.69, 9.17) is 5.84 Å². The number of nitrogens with one attached hydrogen (secondary N) is 1. The maximum absolute atomic E-state index is 9.67. The lowest BCUT2D eigenvalue weighted by molar-refractivity contribution is 0.0422. The number of pyridine rings is 1. The third-order valence-corrected chi connectivity index (χ3v) is 2.04. The van der Waals surface area contributed by atoms with E-state index in [1.54, 1.807) is 19.9 Å². The molecule has 0 fully saturated rings. The summed E-state index contributed by atoms with van der Waals surface area (Å²) in [6.07, 6.45) is 0. The molecular formula is C11H20N4O. The van der Waals surface area contributed by atoms with Gasteiger partial charge in [-0.1, -0.05) is 6.07 Å². The van der Waals surface area contributed by atoms with E-state index < -0.39 is 5.60 Å². The van der Waals surface area contributed by atoms with Crippen LogP contribution < -0.4 is 11.3 Å². The van der Waals surface area contributed by atoms with Gasteiger partial charge in [0.1, 0.15) is 5.82 Å². The molecule has 90 valence electrons. The predicted molar refractivity (Wildman–Crippen MR) is 64.7 cm³/mol. The highest BCUT2D eigenvalue weighted by Crippen LogP contribution is 2.08. The fraction of sp³-hybridized carbons (Fsp3) is 0.545. The maximum Gasteiger partial charge on any atom is 0.140 e. The lowest BCUT2D eigenvalue weighted by Crippen LogP contribution is -2.36. The highest BCUT2D eigenvalue weighted by atomic mass is 16.3. The van der Waals surface area contributed by atoms with Gasteiger partial charge in [0, 0.05) is 13.1 Å². The number of hydrogen-bond donors (Lipinski definition) is 3. The number of likely N-dealkylation sites (N-methyl/N-ethyl adjacent to an activating group) is 1. The minimum absolute atomic E-state index is 0.592. The first-order chi connectivity index (χ1) is 7.40. The van der Waals surface area contributed by atoms with Gasteiger partial charge in [0.25, 0.3) is 0 Å². The molecule has 16 heavy (non-hydrogen) atoms. The van der Waals surface area contributed by atoms with Gasteiger partial charge in [-0.05, 0) is 33.0 Å². The minimum atomic E-state index is -0.696. The van der Waals surface area contributed by atoms with Crippen molar-refractivity contribution in [3.05, 3.63) is 23.9 Å². The average molecular weight is 224 g/mol. The van der Waals surface area contributed by atoms with E-state index >= 15 is 0 Å². The molecule has 0 amide bonds. The van der Waals surface area contributed by atoms with Crippen LogP contribution in [0.5, 0.6) is 0 Å². The summed E-state index contributed by atoms with van der Waals surface area (Å²) in [6.45, 7) is 4.85. The Bertz CT molecular complexity index is 335. The van der Waals surface area contributed by atoms with Crippen LogP contribution in [0, 0.1) is 0 Å². The van der Waals surface area contributed by atoms with Crippen molar-refractivity contribution in [3.63, 3.8) is 0 Å². The molecule has 0 bridgehead atoms. The van der Waals surface area contributed by atoms with Crippen molar-refractivity contribution in [2.75, 3.05) is 19.0 Å². The van der Waals surface area contributed by atoms with Gasteiger partial charge in [0.2, 0.25) is 0 Å². The molecule has 0 unspecified atom stereocenters. The van der Waals surface area contributed by atoms with E-state index in [9.17, 15) is 5.11 Å². The molecule has 5 heteroatoms. The Hall–Kier alpha value is -1.17. The number of aliphatic hydroxyl groups is 1. The average Bonchev–Trinajstić information content (AvgIpc) is 2.15. The van der Waals surface area contributed by atoms with Crippen LogP contribution >= 0.6 is 0 Å². The molecule has 1 aromatic rings. The van der Waals surface area contributed by atoms with Crippen LogP contribution in [-0.2, 0) is 6.54 Å². The number of aromatic nitrogens is 1. The van der Waals surface area contributed by atoms with Crippen LogP contribution in [0.1, 0.15) is 19.5 Å². The van der Waals surface area contributed by atoms with E-state index in [1.807, 2.05) is 24.1 Å². The van der Waals surface area contributed by atoms with E-state index in [1.165, 1.54) is 0 Å². The highest BCUT2D eigenvalue weighted by Gasteiger charge is 2.15. The van der Waals surface area contributed by atoms with E-state index in [-0.39, 0.29) is 0 Å². The minimum Gasteiger partial charge on any atom is -0.389 e. The third-order valence-electron chi connectivity index (χ3n) is 2.04. The monoisotopic (exact) mass is 224 g/mol. The Morgan fingerprint density at radius 1 is 1.50 bits per heavy atom. The molecule has 1 rings (SSSR count). The molecule has 0 aliphatic carbocycles. The summed E-state index contributed by atoms with van der Waals surface area (Å²) >= 11 is 0. The summed E-state index contributed by atoms with van der Waals surface area (Å²) in [6, 6.07) is 5.64. The second-order valence-electron chi connectivity index (χ2n) is 4.64. The van der Waals surface area contributed by atoms with Gasteiger partial charge in [0.05, 0.1) is 11.3 Å². The zero-order valence-electron chi connectivity index (χ0n) is 10.1. The van der Waals surface area contributed by atoms with E-state index in [0.29, 0.717) is 18.9 Å². The number of hydrogen-bond acceptors (Lipinski definition) is 5. The summed E-state index contributed by atoms with van der Waals surface area (Å²) in [4.78, 5) is 6.32. The van der Waals surface area contributed by atoms with Crippen molar-refractivity contribution >= 4 is 5.82 Å². The quantitative estimate of drug-likeness (QED) is 0.503. The van der Waals surface area contributed by atoms with Gasteiger partial charge in [-0.2, -0.15) is 0 Å². The van der Waals surface area contributed by atoms with Crippen molar-refractivity contribution in [1.82, 2.24) is 9.88 Å². The molecular weight excluding hydrogens is 204 g/mol. The van der Waals surface area contributed by atoms with Crippen molar-refractivity contribution < 1.29 is 5.11 Å². The number of nitrogen functional groups attached to an aromatic ring is 1. The summed E-state index contributed by atoms with van der Waals surface area (Å²) in [5.41, 5.74) is 2.73. The zero-order chi connectivity index (χ0) is 12.2. The van der Waals surface area contributed by atoms with Crippen LogP contribution in [0.3, 0.4) is 0 Å². The molecule has 0 aromatic carbocycles. The van der Waals surface area contributed by atoms with Crippen molar-refractivity contribution in [3.8, 4) is 0 Å². The fourth-order valence-electron chi connectivity index (χ4n) is 1.64. The first kappa shape index (κ1) is 12.9. The van der Waals surface area contributed by atoms with Gasteiger partial charge >= 0.3 is 0 Å². The van der Waals surface area contributed by atoms with Gasteiger partial charge in [-0.3, -0.25) is 4.90 Å². The van der Waals surface area contributed by atoms with Crippen LogP contribution in [0.15, 0.2) is 18.2 Å². The Morgan fingerprint density at radius 2 is 2.19 bits per heavy atom. The number of hydrazine groups is 1. The van der Waals surface area contributed by atoms with Gasteiger partial charge in [0.15, 0.2) is 0 Å². The van der Waals surface area contributed by atoms with Crippen molar-refractivity contribution in [1.29, 1.82) is 0 Å². The summed E-state index contributed by atoms with van der Waals surface area (Å²) in [5.74, 6) is 5.93. The third kappa shape index (κ3) is 4.57. The highest BCUT2D eigenvalue weighted by molar-refractivity contribution is 5.33. The second kappa shape index (κ2) is 5.25. The molecule has 0 radical (unpaired) electrons. The standard InChI is InChI=1S/C11H20N4O/c1-11(2,16)8-15(3)7-9-5-4-6-10(13-9)14-12/h4-6,16H,7-8,12H2,1-3H3,(H,13,14). The Morgan fingerprint density at radius 3 is 2.75 bits per heavy atom. The molecule has 1 aromatic heterocycles. The first-order valence-corrected chi connectivity index (χ1v) is 5.24. The summed E-state index contributed by atoms with van der Waals surface area (Å²) < 4.78 is 0. The second-order valence-corrected chi connectivity index (χ2v) is 4.64. The molecule has 0 saturated heterocycles. The molecule has 0 atom stereocenters. The van der Waals surface area contributed by atoms with Gasteiger partial charge < -0.3 is 10.5 Å². The molecule has 0 aliphatic rings. The fourth-order valence-corrected chi connectivity index (χ4v) is 1.64. The topological polar surface area (TPSA) is 74.4 Å². The Balaban J connectivity index is 2.59. The maximum atomic E-state index is 9.67. The van der Waals surface area contributed by atoms with Crippen LogP contribution in [0.4, 0.5) is 5.82 Å². The zero-order valence-corrected chi connectivity index (χ0v) is 10.1. The predicted octanol–water partition coefficient (Wildman–Crippen LogP) is 0.570. The van der Waals surface area contributed by atoms with Crippen molar-refractivity contribution in [2.45, 2.75) is 26.0 Å².